The Morgan fingerprint density at radius 3 is 1.45 bits per heavy atom. The normalized spacial score (nSPS) is 11.7. The molecule has 2 N–H and O–H groups in total. The van der Waals surface area contributed by atoms with Gasteiger partial charge in [0.2, 0.25) is 10.3 Å². The number of thiazole rings is 2. The Morgan fingerprint density at radius 1 is 0.636 bits per heavy atom. The maximum atomic E-state index is 13.0. The average molecular weight is 769 g/mol. The van der Waals surface area contributed by atoms with E-state index in [0.29, 0.717) is 27.5 Å². The second-order valence-electron chi connectivity index (χ2n) is 12.2. The van der Waals surface area contributed by atoms with Gasteiger partial charge in [-0.3, -0.25) is 0 Å². The average Bonchev–Trinajstić information content (AvgIpc) is 3.87. The van der Waals surface area contributed by atoms with Crippen LogP contribution in [0.5, 0.6) is 23.0 Å². The van der Waals surface area contributed by atoms with E-state index in [-0.39, 0.29) is 45.2 Å². The predicted molar refractivity (Wildman–Crippen MR) is 214 cm³/mol. The van der Waals surface area contributed by atoms with Crippen LogP contribution in [0.1, 0.15) is 22.3 Å². The lowest BCUT2D eigenvalue weighted by molar-refractivity contribution is 0.414. The molecule has 0 radical (unpaired) electrons. The van der Waals surface area contributed by atoms with Crippen molar-refractivity contribution in [3.63, 3.8) is 0 Å². The van der Waals surface area contributed by atoms with E-state index in [2.05, 4.69) is 20.0 Å². The fourth-order valence-electron chi connectivity index (χ4n) is 5.89. The SMILES string of the molecule is COc1ccc(/C=N\c2nc(-c3c(O)c4cc(Cc5ccc6oc(=O)c(-c7csc(/N=C/c8ccc(OC)cc8)n7)c(O)c6c5)ccc4oc3=O)cs2)cc1. The predicted octanol–water partition coefficient (Wildman–Crippen LogP) is 8.67. The third-order valence-corrected chi connectivity index (χ3v) is 10.2. The molecule has 0 aliphatic carbocycles. The fourth-order valence-corrected chi connectivity index (χ4v) is 7.19. The van der Waals surface area contributed by atoms with Crippen molar-refractivity contribution in [3.8, 4) is 45.5 Å². The van der Waals surface area contributed by atoms with Crippen LogP contribution in [0.15, 0.2) is 124 Å². The highest BCUT2D eigenvalue weighted by Crippen LogP contribution is 2.38. The molecule has 0 saturated heterocycles. The van der Waals surface area contributed by atoms with E-state index in [1.54, 1.807) is 73.8 Å². The van der Waals surface area contributed by atoms with Crippen LogP contribution in [0.2, 0.25) is 0 Å². The number of aromatic nitrogens is 2. The first-order valence-corrected chi connectivity index (χ1v) is 18.4. The Hall–Kier alpha value is -6.90. The molecule has 14 heteroatoms. The molecule has 0 aliphatic heterocycles. The summed E-state index contributed by atoms with van der Waals surface area (Å²) in [5.41, 5.74) is 2.54. The Balaban J connectivity index is 1.05. The quantitative estimate of drug-likeness (QED) is 0.101. The molecular weight excluding hydrogens is 741 g/mol. The van der Waals surface area contributed by atoms with E-state index in [9.17, 15) is 19.8 Å². The second kappa shape index (κ2) is 14.9. The van der Waals surface area contributed by atoms with Crippen molar-refractivity contribution >= 4 is 67.3 Å². The smallest absolute Gasteiger partial charge is 0.349 e. The highest BCUT2D eigenvalue weighted by Gasteiger charge is 2.21. The number of fused-ring (bicyclic) bond motifs is 2. The molecule has 0 atom stereocenters. The third-order valence-electron chi connectivity index (χ3n) is 8.67. The molecule has 0 amide bonds. The summed E-state index contributed by atoms with van der Waals surface area (Å²) in [5, 5.41) is 27.4. The molecule has 0 bridgehead atoms. The monoisotopic (exact) mass is 768 g/mol. The number of methoxy groups -OCH3 is 2. The van der Waals surface area contributed by atoms with Gasteiger partial charge in [-0.1, -0.05) is 12.1 Å². The van der Waals surface area contributed by atoms with Gasteiger partial charge in [-0.25, -0.2) is 29.5 Å². The van der Waals surface area contributed by atoms with Gasteiger partial charge in [0.1, 0.15) is 45.3 Å². The maximum Gasteiger partial charge on any atom is 0.349 e. The molecular formula is C41H28N4O8S2. The lowest BCUT2D eigenvalue weighted by Crippen LogP contribution is -2.04. The van der Waals surface area contributed by atoms with Gasteiger partial charge in [0.05, 0.1) is 36.4 Å². The highest BCUT2D eigenvalue weighted by molar-refractivity contribution is 7.14. The van der Waals surface area contributed by atoms with Crippen LogP contribution in [-0.4, -0.2) is 46.8 Å². The lowest BCUT2D eigenvalue weighted by atomic mass is 10.00. The van der Waals surface area contributed by atoms with Gasteiger partial charge >= 0.3 is 11.3 Å². The molecule has 0 fully saturated rings. The minimum absolute atomic E-state index is 0.0680. The zero-order chi connectivity index (χ0) is 38.1. The van der Waals surface area contributed by atoms with Crippen molar-refractivity contribution in [2.75, 3.05) is 14.2 Å². The number of ether oxygens (including phenoxy) is 2. The summed E-state index contributed by atoms with van der Waals surface area (Å²) in [6, 6.07) is 25.0. The van der Waals surface area contributed by atoms with E-state index in [0.717, 1.165) is 33.8 Å². The molecule has 0 saturated carbocycles. The lowest BCUT2D eigenvalue weighted by Gasteiger charge is -2.09. The summed E-state index contributed by atoms with van der Waals surface area (Å²) in [7, 11) is 3.19. The van der Waals surface area contributed by atoms with E-state index >= 15 is 0 Å². The number of aliphatic imine (C=N–C) groups is 2. The minimum Gasteiger partial charge on any atom is -0.506 e. The van der Waals surface area contributed by atoms with Gasteiger partial charge in [0.15, 0.2) is 0 Å². The first-order chi connectivity index (χ1) is 26.8. The number of rotatable bonds is 10. The summed E-state index contributed by atoms with van der Waals surface area (Å²) >= 11 is 2.44. The minimum atomic E-state index is -0.729. The van der Waals surface area contributed by atoms with E-state index in [4.69, 9.17) is 18.3 Å². The number of aromatic hydroxyl groups is 2. The van der Waals surface area contributed by atoms with Crippen molar-refractivity contribution in [2.45, 2.75) is 6.42 Å². The van der Waals surface area contributed by atoms with E-state index in [1.165, 1.54) is 22.7 Å². The number of nitrogens with zero attached hydrogens (tertiary/aromatic N) is 4. The number of benzene rings is 4. The van der Waals surface area contributed by atoms with Crippen molar-refractivity contribution in [3.05, 3.63) is 139 Å². The molecule has 0 aliphatic rings. The van der Waals surface area contributed by atoms with Crippen molar-refractivity contribution in [1.82, 2.24) is 9.97 Å². The third kappa shape index (κ3) is 7.23. The summed E-state index contributed by atoms with van der Waals surface area (Å²) in [5.74, 6) is 0.933. The molecule has 4 aromatic heterocycles. The molecule has 0 spiro atoms. The van der Waals surface area contributed by atoms with Crippen LogP contribution >= 0.6 is 22.7 Å². The number of hydrogen-bond acceptors (Lipinski definition) is 14. The van der Waals surface area contributed by atoms with Crippen molar-refractivity contribution < 1.29 is 28.5 Å². The molecule has 8 rings (SSSR count). The van der Waals surface area contributed by atoms with Crippen LogP contribution in [0.4, 0.5) is 10.3 Å². The molecule has 8 aromatic rings. The van der Waals surface area contributed by atoms with Crippen LogP contribution in [0, 0.1) is 0 Å². The highest BCUT2D eigenvalue weighted by atomic mass is 32.1. The Labute approximate surface area is 319 Å². The molecule has 4 heterocycles. The summed E-state index contributed by atoms with van der Waals surface area (Å²) in [6.45, 7) is 0. The Kier molecular flexibility index (Phi) is 9.49. The van der Waals surface area contributed by atoms with Gasteiger partial charge in [-0.15, -0.1) is 22.7 Å². The molecule has 55 heavy (non-hydrogen) atoms. The standard InChI is InChI=1S/C41H28N4O8S2/c1-50-26-9-3-22(4-10-26)18-42-40-44-30(20-54-40)34-36(46)28-16-24(7-13-32(28)52-38(34)48)15-25-8-14-33-29(17-25)37(47)35(39(49)53-33)31-21-55-41(45-31)43-19-23-5-11-27(51-2)12-6-23/h3-14,16-21,46-47H,15H2,1-2H3/b42-18-,43-19+. The zero-order valence-corrected chi connectivity index (χ0v) is 30.7. The second-order valence-corrected chi connectivity index (χ2v) is 13.8. The number of hydrogen-bond donors (Lipinski definition) is 2. The first-order valence-electron chi connectivity index (χ1n) is 16.6. The van der Waals surface area contributed by atoms with Crippen LogP contribution in [0.25, 0.3) is 44.5 Å². The van der Waals surface area contributed by atoms with Crippen LogP contribution in [0.3, 0.4) is 0 Å². The summed E-state index contributed by atoms with van der Waals surface area (Å²) in [4.78, 5) is 43.8. The zero-order valence-electron chi connectivity index (χ0n) is 29.0. The van der Waals surface area contributed by atoms with E-state index < -0.39 is 11.3 Å². The van der Waals surface area contributed by atoms with Crippen LogP contribution in [-0.2, 0) is 6.42 Å². The molecule has 12 nitrogen and oxygen atoms in total. The summed E-state index contributed by atoms with van der Waals surface area (Å²) < 4.78 is 21.6. The summed E-state index contributed by atoms with van der Waals surface area (Å²) in [6.07, 6.45) is 3.67. The topological polar surface area (TPSA) is 170 Å². The van der Waals surface area contributed by atoms with Gasteiger partial charge < -0.3 is 28.5 Å². The van der Waals surface area contributed by atoms with Gasteiger partial charge in [0, 0.05) is 23.2 Å². The Bertz CT molecular complexity index is 2690. The maximum absolute atomic E-state index is 13.0. The first kappa shape index (κ1) is 35.1. The van der Waals surface area contributed by atoms with Gasteiger partial charge in [0.25, 0.3) is 0 Å². The van der Waals surface area contributed by atoms with Crippen LogP contribution < -0.4 is 20.7 Å². The van der Waals surface area contributed by atoms with Crippen molar-refractivity contribution in [1.29, 1.82) is 0 Å². The molecule has 272 valence electrons. The van der Waals surface area contributed by atoms with Crippen molar-refractivity contribution in [2.24, 2.45) is 9.98 Å². The van der Waals surface area contributed by atoms with E-state index in [1.807, 2.05) is 48.5 Å². The molecule has 0 unspecified atom stereocenters. The largest absolute Gasteiger partial charge is 0.506 e. The molecule has 4 aromatic carbocycles. The Morgan fingerprint density at radius 2 is 1.05 bits per heavy atom. The van der Waals surface area contributed by atoms with Gasteiger partial charge in [-0.05, 0) is 101 Å². The fraction of sp³-hybridized carbons (Fsp3) is 0.0732. The van der Waals surface area contributed by atoms with Gasteiger partial charge in [-0.2, -0.15) is 0 Å².